The van der Waals surface area contributed by atoms with E-state index in [1.807, 2.05) is 62.1 Å². The van der Waals surface area contributed by atoms with Gasteiger partial charge in [0.15, 0.2) is 5.82 Å². The lowest BCUT2D eigenvalue weighted by molar-refractivity contribution is 0.417. The van der Waals surface area contributed by atoms with E-state index in [4.69, 9.17) is 10.5 Å². The van der Waals surface area contributed by atoms with Gasteiger partial charge >= 0.3 is 0 Å². The van der Waals surface area contributed by atoms with Gasteiger partial charge in [-0.25, -0.2) is 9.50 Å². The van der Waals surface area contributed by atoms with Crippen LogP contribution >= 0.6 is 0 Å². The lowest BCUT2D eigenvalue weighted by Crippen LogP contribution is -2.02. The van der Waals surface area contributed by atoms with Crippen LogP contribution < -0.4 is 15.8 Å². The molecule has 3 N–H and O–H groups in total. The van der Waals surface area contributed by atoms with E-state index in [0.717, 1.165) is 34.0 Å². The molecule has 0 atom stereocenters. The second-order valence-corrected chi connectivity index (χ2v) is 7.39. The van der Waals surface area contributed by atoms with Crippen LogP contribution in [0.1, 0.15) is 5.82 Å². The number of nitrogen functional groups attached to an aromatic ring is 1. The molecule has 32 heavy (non-hydrogen) atoms. The zero-order valence-corrected chi connectivity index (χ0v) is 18.1. The van der Waals surface area contributed by atoms with Crippen molar-refractivity contribution in [3.05, 3.63) is 48.7 Å². The highest BCUT2D eigenvalue weighted by molar-refractivity contribution is 5.92. The Morgan fingerprint density at radius 2 is 1.94 bits per heavy atom. The van der Waals surface area contributed by atoms with E-state index >= 15 is 0 Å². The van der Waals surface area contributed by atoms with E-state index in [2.05, 4.69) is 30.7 Å². The fourth-order valence-corrected chi connectivity index (χ4v) is 3.62. The maximum atomic E-state index is 6.25. The zero-order valence-electron chi connectivity index (χ0n) is 18.1. The second kappa shape index (κ2) is 7.38. The molecule has 11 heteroatoms. The van der Waals surface area contributed by atoms with Gasteiger partial charge in [-0.15, -0.1) is 10.2 Å². The molecule has 162 valence electrons. The fraction of sp³-hybridized carbons (Fsp3) is 0.190. The van der Waals surface area contributed by atoms with Crippen molar-refractivity contribution in [1.29, 1.82) is 0 Å². The highest BCUT2D eigenvalue weighted by Gasteiger charge is 2.19. The van der Waals surface area contributed by atoms with Gasteiger partial charge in [-0.05, 0) is 36.8 Å². The number of aromatic nitrogens is 8. The quantitative estimate of drug-likeness (QED) is 0.436. The average Bonchev–Trinajstić information content (AvgIpc) is 3.48. The van der Waals surface area contributed by atoms with Crippen molar-refractivity contribution in [2.45, 2.75) is 6.92 Å². The molecule has 0 amide bonds. The monoisotopic (exact) mass is 430 g/mol. The molecule has 0 saturated carbocycles. The fourth-order valence-electron chi connectivity index (χ4n) is 3.62. The predicted octanol–water partition coefficient (Wildman–Crippen LogP) is 2.57. The number of nitrogens with two attached hydrogens (primary N) is 1. The third-order valence-electron chi connectivity index (χ3n) is 5.41. The predicted molar refractivity (Wildman–Crippen MR) is 121 cm³/mol. The summed E-state index contributed by atoms with van der Waals surface area (Å²) in [5.74, 6) is 2.46. The molecule has 5 aromatic rings. The molecule has 0 bridgehead atoms. The Kier molecular flexibility index (Phi) is 4.51. The minimum atomic E-state index is 0.382. The summed E-state index contributed by atoms with van der Waals surface area (Å²) < 4.78 is 11.0. The molecule has 11 nitrogen and oxygen atoms in total. The van der Waals surface area contributed by atoms with Gasteiger partial charge in [0.1, 0.15) is 29.1 Å². The number of fused-ring (bicyclic) bond motifs is 1. The lowest BCUT2D eigenvalue weighted by atomic mass is 10.1. The molecule has 0 unspecified atom stereocenters. The Morgan fingerprint density at radius 1 is 1.09 bits per heavy atom. The van der Waals surface area contributed by atoms with Crippen LogP contribution in [-0.4, -0.2) is 46.3 Å². The molecule has 0 radical (unpaired) electrons. The minimum absolute atomic E-state index is 0.382. The van der Waals surface area contributed by atoms with Crippen molar-refractivity contribution < 1.29 is 4.74 Å². The topological polar surface area (TPSA) is 126 Å². The van der Waals surface area contributed by atoms with Crippen molar-refractivity contribution in [3.63, 3.8) is 0 Å². The van der Waals surface area contributed by atoms with E-state index in [0.29, 0.717) is 23.0 Å². The average molecular weight is 430 g/mol. The Balaban J connectivity index is 1.63. The third kappa shape index (κ3) is 3.11. The Bertz CT molecular complexity index is 1440. The summed E-state index contributed by atoms with van der Waals surface area (Å²) in [5, 5.41) is 20.4. The van der Waals surface area contributed by atoms with E-state index in [-0.39, 0.29) is 0 Å². The maximum Gasteiger partial charge on any atom is 0.228 e. The SMILES string of the molecule is COc1cc(-c2cc(-c3ccn(C)n3)n3ncnc(N)c23)ccc1Nc1nnc(C)n1C. The molecular weight excluding hydrogens is 408 g/mol. The third-order valence-corrected chi connectivity index (χ3v) is 5.41. The number of benzene rings is 1. The molecule has 0 saturated heterocycles. The van der Waals surface area contributed by atoms with Crippen LogP contribution in [0.4, 0.5) is 17.5 Å². The van der Waals surface area contributed by atoms with Crippen molar-refractivity contribution in [1.82, 2.24) is 39.1 Å². The van der Waals surface area contributed by atoms with Crippen molar-refractivity contribution in [3.8, 4) is 28.3 Å². The minimum Gasteiger partial charge on any atom is -0.495 e. The molecule has 4 aromatic heterocycles. The zero-order chi connectivity index (χ0) is 22.4. The molecule has 0 aliphatic rings. The number of ether oxygens (including phenoxy) is 1. The number of nitrogens with one attached hydrogen (secondary N) is 1. The lowest BCUT2D eigenvalue weighted by Gasteiger charge is -2.12. The summed E-state index contributed by atoms with van der Waals surface area (Å²) in [4.78, 5) is 4.19. The number of methoxy groups -OCH3 is 1. The summed E-state index contributed by atoms with van der Waals surface area (Å²) >= 11 is 0. The first kappa shape index (κ1) is 19.5. The molecule has 0 spiro atoms. The van der Waals surface area contributed by atoms with E-state index < -0.39 is 0 Å². The van der Waals surface area contributed by atoms with Gasteiger partial charge in [-0.2, -0.15) is 10.2 Å². The summed E-state index contributed by atoms with van der Waals surface area (Å²) in [6, 6.07) is 9.80. The number of hydrogen-bond acceptors (Lipinski definition) is 8. The van der Waals surface area contributed by atoms with Gasteiger partial charge in [0.25, 0.3) is 0 Å². The standard InChI is InChI=1S/C21H22N10O/c1-12-26-27-21(30(12)3)25-16-6-5-13(9-18(16)32-4)14-10-17(15-7-8-29(2)28-15)31-19(14)20(22)23-11-24-31/h5-11H,1-4H3,(H,25,27)(H2,22,23,24). The normalized spacial score (nSPS) is 11.2. The molecule has 4 heterocycles. The molecule has 5 rings (SSSR count). The Morgan fingerprint density at radius 3 is 2.62 bits per heavy atom. The first-order chi connectivity index (χ1) is 15.5. The molecule has 0 aliphatic heterocycles. The van der Waals surface area contributed by atoms with Crippen LogP contribution in [0.3, 0.4) is 0 Å². The van der Waals surface area contributed by atoms with E-state index in [1.165, 1.54) is 6.33 Å². The molecule has 1 aromatic carbocycles. The van der Waals surface area contributed by atoms with E-state index in [9.17, 15) is 0 Å². The smallest absolute Gasteiger partial charge is 0.228 e. The van der Waals surface area contributed by atoms with E-state index in [1.54, 1.807) is 16.3 Å². The molecular formula is C21H22N10O. The van der Waals surface area contributed by atoms with Gasteiger partial charge in [-0.1, -0.05) is 6.07 Å². The number of anilines is 3. The highest BCUT2D eigenvalue weighted by Crippen LogP contribution is 2.38. The van der Waals surface area contributed by atoms with Gasteiger partial charge in [0.2, 0.25) is 5.95 Å². The van der Waals surface area contributed by atoms with Gasteiger partial charge in [0, 0.05) is 25.9 Å². The Labute approximate surface area is 183 Å². The largest absolute Gasteiger partial charge is 0.495 e. The van der Waals surface area contributed by atoms with Crippen LogP contribution in [0.25, 0.3) is 28.0 Å². The van der Waals surface area contributed by atoms with Crippen molar-refractivity contribution >= 4 is 23.0 Å². The number of hydrogen-bond donors (Lipinski definition) is 2. The summed E-state index contributed by atoms with van der Waals surface area (Å²) in [7, 11) is 5.40. The van der Waals surface area contributed by atoms with Crippen LogP contribution in [-0.2, 0) is 14.1 Å². The van der Waals surface area contributed by atoms with Crippen LogP contribution in [0.15, 0.2) is 42.9 Å². The molecule has 0 aliphatic carbocycles. The first-order valence-electron chi connectivity index (χ1n) is 9.90. The highest BCUT2D eigenvalue weighted by atomic mass is 16.5. The molecule has 0 fully saturated rings. The Hall–Kier alpha value is -4.41. The van der Waals surface area contributed by atoms with Crippen LogP contribution in [0, 0.1) is 6.92 Å². The van der Waals surface area contributed by atoms with Gasteiger partial charge in [-0.3, -0.25) is 4.68 Å². The van der Waals surface area contributed by atoms with Crippen molar-refractivity contribution in [2.75, 3.05) is 18.2 Å². The first-order valence-corrected chi connectivity index (χ1v) is 9.90. The summed E-state index contributed by atoms with van der Waals surface area (Å²) in [6.45, 7) is 1.89. The summed E-state index contributed by atoms with van der Waals surface area (Å²) in [5.41, 5.74) is 11.1. The summed E-state index contributed by atoms with van der Waals surface area (Å²) in [6.07, 6.45) is 3.33. The van der Waals surface area contributed by atoms with Crippen LogP contribution in [0.5, 0.6) is 5.75 Å². The number of nitrogens with zero attached hydrogens (tertiary/aromatic N) is 8. The van der Waals surface area contributed by atoms with Crippen LogP contribution in [0.2, 0.25) is 0 Å². The number of rotatable bonds is 5. The number of aryl methyl sites for hydroxylation is 2. The van der Waals surface area contributed by atoms with Gasteiger partial charge in [0.05, 0.1) is 18.5 Å². The van der Waals surface area contributed by atoms with Gasteiger partial charge < -0.3 is 20.4 Å². The second-order valence-electron chi connectivity index (χ2n) is 7.39. The maximum absolute atomic E-state index is 6.25. The van der Waals surface area contributed by atoms with Crippen molar-refractivity contribution in [2.24, 2.45) is 14.1 Å².